The van der Waals surface area contributed by atoms with Crippen molar-refractivity contribution in [2.75, 3.05) is 19.6 Å². The van der Waals surface area contributed by atoms with Gasteiger partial charge in [0, 0.05) is 24.7 Å². The van der Waals surface area contributed by atoms with Crippen molar-refractivity contribution in [1.29, 1.82) is 0 Å². The lowest BCUT2D eigenvalue weighted by Gasteiger charge is -2.19. The normalized spacial score (nSPS) is 27.5. The molecule has 2 fully saturated rings. The predicted octanol–water partition coefficient (Wildman–Crippen LogP) is 0.612. The molecule has 1 aromatic rings. The van der Waals surface area contributed by atoms with Gasteiger partial charge >= 0.3 is 0 Å². The first-order chi connectivity index (χ1) is 10.1. The zero-order valence-corrected chi connectivity index (χ0v) is 12.0. The molecule has 2 amide bonds. The minimum absolute atomic E-state index is 0.0131. The van der Waals surface area contributed by atoms with Gasteiger partial charge in [-0.1, -0.05) is 18.2 Å². The van der Waals surface area contributed by atoms with Gasteiger partial charge in [-0.05, 0) is 36.8 Å². The van der Waals surface area contributed by atoms with E-state index in [9.17, 15) is 9.59 Å². The minimum atomic E-state index is -0.208. The summed E-state index contributed by atoms with van der Waals surface area (Å²) in [6.45, 7) is 1.59. The number of rotatable bonds is 3. The van der Waals surface area contributed by atoms with Gasteiger partial charge in [-0.25, -0.2) is 0 Å². The van der Waals surface area contributed by atoms with Crippen molar-refractivity contribution >= 4 is 11.8 Å². The fourth-order valence-corrected chi connectivity index (χ4v) is 3.47. The summed E-state index contributed by atoms with van der Waals surface area (Å²) in [5.74, 6) is 0.772. The number of carbonyl (C=O) groups is 2. The maximum Gasteiger partial charge on any atom is 0.251 e. The van der Waals surface area contributed by atoms with Crippen LogP contribution in [0.15, 0.2) is 30.3 Å². The van der Waals surface area contributed by atoms with Crippen molar-refractivity contribution < 1.29 is 9.59 Å². The second kappa shape index (κ2) is 5.85. The van der Waals surface area contributed by atoms with Crippen LogP contribution in [0.25, 0.3) is 0 Å². The van der Waals surface area contributed by atoms with E-state index in [0.717, 1.165) is 25.9 Å². The number of amides is 2. The highest BCUT2D eigenvalue weighted by molar-refractivity contribution is 5.96. The molecule has 1 aliphatic carbocycles. The van der Waals surface area contributed by atoms with Gasteiger partial charge in [-0.2, -0.15) is 0 Å². The number of fused-ring (bicyclic) bond motifs is 1. The predicted molar refractivity (Wildman–Crippen MR) is 79.5 cm³/mol. The average molecular weight is 287 g/mol. The van der Waals surface area contributed by atoms with Crippen LogP contribution in [-0.2, 0) is 4.79 Å². The molecule has 3 N–H and O–H groups in total. The molecule has 1 saturated carbocycles. The largest absolute Gasteiger partial charge is 0.343 e. The molecule has 21 heavy (non-hydrogen) atoms. The summed E-state index contributed by atoms with van der Waals surface area (Å²) in [5, 5.41) is 2.69. The molecule has 0 bridgehead atoms. The number of hydrogen-bond acceptors (Lipinski definition) is 3. The fourth-order valence-electron chi connectivity index (χ4n) is 3.47. The topological polar surface area (TPSA) is 75.4 Å². The van der Waals surface area contributed by atoms with Crippen LogP contribution in [-0.4, -0.2) is 42.4 Å². The van der Waals surface area contributed by atoms with E-state index in [4.69, 9.17) is 5.73 Å². The Morgan fingerprint density at radius 2 is 1.95 bits per heavy atom. The number of carbonyl (C=O) groups excluding carboxylic acids is 2. The second-order valence-corrected chi connectivity index (χ2v) is 6.01. The lowest BCUT2D eigenvalue weighted by molar-refractivity contribution is -0.129. The van der Waals surface area contributed by atoms with E-state index in [1.165, 1.54) is 0 Å². The molecule has 5 heteroatoms. The number of nitrogens with two attached hydrogens (primary N) is 1. The molecule has 0 spiro atoms. The zero-order chi connectivity index (χ0) is 14.8. The van der Waals surface area contributed by atoms with Gasteiger partial charge < -0.3 is 16.0 Å². The SMILES string of the molecule is NC1CCC2CN(C(=O)CNC(=O)c3ccccc3)CC12. The van der Waals surface area contributed by atoms with Crippen molar-refractivity contribution in [2.45, 2.75) is 18.9 Å². The third-order valence-electron chi connectivity index (χ3n) is 4.70. The van der Waals surface area contributed by atoms with Gasteiger partial charge in [0.05, 0.1) is 6.54 Å². The Morgan fingerprint density at radius 3 is 2.67 bits per heavy atom. The smallest absolute Gasteiger partial charge is 0.251 e. The molecular weight excluding hydrogens is 266 g/mol. The summed E-state index contributed by atoms with van der Waals surface area (Å²) in [5.41, 5.74) is 6.65. The second-order valence-electron chi connectivity index (χ2n) is 6.01. The van der Waals surface area contributed by atoms with E-state index in [1.807, 2.05) is 11.0 Å². The lowest BCUT2D eigenvalue weighted by Crippen LogP contribution is -2.40. The summed E-state index contributed by atoms with van der Waals surface area (Å²) < 4.78 is 0. The third-order valence-corrected chi connectivity index (χ3v) is 4.70. The number of benzene rings is 1. The van der Waals surface area contributed by atoms with Crippen molar-refractivity contribution in [3.63, 3.8) is 0 Å². The van der Waals surface area contributed by atoms with E-state index in [0.29, 0.717) is 17.4 Å². The molecule has 5 nitrogen and oxygen atoms in total. The summed E-state index contributed by atoms with van der Waals surface area (Å²) in [6, 6.07) is 9.16. The van der Waals surface area contributed by atoms with Crippen LogP contribution in [0.2, 0.25) is 0 Å². The molecule has 0 aromatic heterocycles. The number of likely N-dealkylation sites (tertiary alicyclic amines) is 1. The molecule has 2 aliphatic rings. The molecular formula is C16H21N3O2. The van der Waals surface area contributed by atoms with Crippen LogP contribution >= 0.6 is 0 Å². The van der Waals surface area contributed by atoms with E-state index >= 15 is 0 Å². The Bertz CT molecular complexity index is 532. The quantitative estimate of drug-likeness (QED) is 0.855. The number of nitrogens with zero attached hydrogens (tertiary/aromatic N) is 1. The summed E-state index contributed by atoms with van der Waals surface area (Å²) in [4.78, 5) is 25.9. The first kappa shape index (κ1) is 14.1. The Balaban J connectivity index is 1.50. The highest BCUT2D eigenvalue weighted by Crippen LogP contribution is 2.36. The van der Waals surface area contributed by atoms with E-state index < -0.39 is 0 Å². The maximum absolute atomic E-state index is 12.2. The van der Waals surface area contributed by atoms with Gasteiger partial charge in [-0.15, -0.1) is 0 Å². The molecule has 112 valence electrons. The molecule has 3 rings (SSSR count). The Kier molecular flexibility index (Phi) is 3.92. The van der Waals surface area contributed by atoms with Gasteiger partial charge in [0.1, 0.15) is 0 Å². The van der Waals surface area contributed by atoms with Gasteiger partial charge in [0.15, 0.2) is 0 Å². The van der Waals surface area contributed by atoms with Crippen LogP contribution < -0.4 is 11.1 Å². The van der Waals surface area contributed by atoms with Crippen molar-refractivity contribution in [3.8, 4) is 0 Å². The van der Waals surface area contributed by atoms with Gasteiger partial charge in [0.25, 0.3) is 5.91 Å². The number of nitrogens with one attached hydrogen (secondary N) is 1. The van der Waals surface area contributed by atoms with E-state index in [-0.39, 0.29) is 24.4 Å². The van der Waals surface area contributed by atoms with Crippen molar-refractivity contribution in [1.82, 2.24) is 10.2 Å². The monoisotopic (exact) mass is 287 g/mol. The fraction of sp³-hybridized carbons (Fsp3) is 0.500. The van der Waals surface area contributed by atoms with Crippen LogP contribution in [0.5, 0.6) is 0 Å². The molecule has 1 saturated heterocycles. The van der Waals surface area contributed by atoms with Gasteiger partial charge in [-0.3, -0.25) is 9.59 Å². The lowest BCUT2D eigenvalue weighted by atomic mass is 9.98. The van der Waals surface area contributed by atoms with Crippen LogP contribution in [0.3, 0.4) is 0 Å². The molecule has 1 aromatic carbocycles. The molecule has 1 aliphatic heterocycles. The summed E-state index contributed by atoms with van der Waals surface area (Å²) in [7, 11) is 0. The molecule has 1 heterocycles. The molecule has 3 unspecified atom stereocenters. The highest BCUT2D eigenvalue weighted by atomic mass is 16.2. The summed E-state index contributed by atoms with van der Waals surface area (Å²) >= 11 is 0. The van der Waals surface area contributed by atoms with Crippen LogP contribution in [0.4, 0.5) is 0 Å². The molecule has 3 atom stereocenters. The van der Waals surface area contributed by atoms with Crippen LogP contribution in [0, 0.1) is 11.8 Å². The summed E-state index contributed by atoms with van der Waals surface area (Å²) in [6.07, 6.45) is 2.19. The maximum atomic E-state index is 12.2. The van der Waals surface area contributed by atoms with Crippen molar-refractivity contribution in [3.05, 3.63) is 35.9 Å². The number of hydrogen-bond donors (Lipinski definition) is 2. The third kappa shape index (κ3) is 2.93. The standard InChI is InChI=1S/C16H21N3O2/c17-14-7-6-12-9-19(10-13(12)14)15(20)8-18-16(21)11-4-2-1-3-5-11/h1-5,12-14H,6-10,17H2,(H,18,21). The van der Waals surface area contributed by atoms with E-state index in [1.54, 1.807) is 24.3 Å². The Labute approximate surface area is 124 Å². The zero-order valence-electron chi connectivity index (χ0n) is 12.0. The Hall–Kier alpha value is -1.88. The van der Waals surface area contributed by atoms with Gasteiger partial charge in [0.2, 0.25) is 5.91 Å². The highest BCUT2D eigenvalue weighted by Gasteiger charge is 2.42. The minimum Gasteiger partial charge on any atom is -0.343 e. The van der Waals surface area contributed by atoms with Crippen LogP contribution in [0.1, 0.15) is 23.2 Å². The first-order valence-corrected chi connectivity index (χ1v) is 7.52. The Morgan fingerprint density at radius 1 is 1.19 bits per heavy atom. The average Bonchev–Trinajstić information content (AvgIpc) is 3.08. The van der Waals surface area contributed by atoms with E-state index in [2.05, 4.69) is 5.32 Å². The molecule has 0 radical (unpaired) electrons. The van der Waals surface area contributed by atoms with Crippen molar-refractivity contribution in [2.24, 2.45) is 17.6 Å². The first-order valence-electron chi connectivity index (χ1n) is 7.52.